The average molecular weight is 492 g/mol. The number of rotatable bonds is 5. The molecule has 0 saturated carbocycles. The minimum Gasteiger partial charge on any atom is -0.310 e. The van der Waals surface area contributed by atoms with Gasteiger partial charge in [0.15, 0.2) is 0 Å². The SMILES string of the molecule is O=C(Nc1ccc(Br)cn1)C1CCN(Cc2csc(-c3ccccc3Cl)n2)CC1. The monoisotopic (exact) mass is 490 g/mol. The van der Waals surface area contributed by atoms with E-state index >= 15 is 0 Å². The lowest BCUT2D eigenvalue weighted by molar-refractivity contribution is -0.121. The Balaban J connectivity index is 1.29. The van der Waals surface area contributed by atoms with E-state index in [2.05, 4.69) is 36.5 Å². The van der Waals surface area contributed by atoms with Crippen molar-refractivity contribution in [3.8, 4) is 10.6 Å². The van der Waals surface area contributed by atoms with Gasteiger partial charge in [-0.25, -0.2) is 9.97 Å². The highest BCUT2D eigenvalue weighted by molar-refractivity contribution is 9.10. The predicted molar refractivity (Wildman–Crippen MR) is 121 cm³/mol. The first-order valence-corrected chi connectivity index (χ1v) is 11.5. The van der Waals surface area contributed by atoms with Crippen molar-refractivity contribution >= 4 is 50.6 Å². The molecule has 150 valence electrons. The number of pyridine rings is 1. The lowest BCUT2D eigenvalue weighted by atomic mass is 9.96. The molecule has 0 spiro atoms. The number of thiazole rings is 1. The zero-order valence-corrected chi connectivity index (χ0v) is 18.8. The number of nitrogens with one attached hydrogen (secondary N) is 1. The third-order valence-corrected chi connectivity index (χ3v) is 6.70. The maximum absolute atomic E-state index is 12.5. The van der Waals surface area contributed by atoms with Crippen molar-refractivity contribution in [1.29, 1.82) is 0 Å². The van der Waals surface area contributed by atoms with Gasteiger partial charge in [-0.3, -0.25) is 9.69 Å². The van der Waals surface area contributed by atoms with Gasteiger partial charge in [0.05, 0.1) is 10.7 Å². The van der Waals surface area contributed by atoms with Crippen molar-refractivity contribution in [2.24, 2.45) is 5.92 Å². The van der Waals surface area contributed by atoms with Crippen molar-refractivity contribution in [2.75, 3.05) is 18.4 Å². The van der Waals surface area contributed by atoms with E-state index < -0.39 is 0 Å². The normalized spacial score (nSPS) is 15.4. The smallest absolute Gasteiger partial charge is 0.228 e. The van der Waals surface area contributed by atoms with Gasteiger partial charge < -0.3 is 5.32 Å². The molecule has 0 aliphatic carbocycles. The largest absolute Gasteiger partial charge is 0.310 e. The standard InChI is InChI=1S/C21H20BrClN4OS/c22-15-5-6-19(24-11-15)26-20(28)14-7-9-27(10-8-14)12-16-13-29-21(25-16)17-3-1-2-4-18(17)23/h1-6,11,13-14H,7-10,12H2,(H,24,26,28). The van der Waals surface area contributed by atoms with Crippen molar-refractivity contribution in [3.63, 3.8) is 0 Å². The Morgan fingerprint density at radius 3 is 2.76 bits per heavy atom. The first-order chi connectivity index (χ1) is 14.1. The quantitative estimate of drug-likeness (QED) is 0.514. The molecule has 8 heteroatoms. The number of carbonyl (C=O) groups is 1. The van der Waals surface area contributed by atoms with Gasteiger partial charge in [-0.1, -0.05) is 29.8 Å². The van der Waals surface area contributed by atoms with Gasteiger partial charge in [0.25, 0.3) is 0 Å². The highest BCUT2D eigenvalue weighted by Crippen LogP contribution is 2.30. The van der Waals surface area contributed by atoms with Crippen LogP contribution >= 0.6 is 38.9 Å². The second kappa shape index (κ2) is 9.34. The fraction of sp³-hybridized carbons (Fsp3) is 0.286. The Hall–Kier alpha value is -1.80. The van der Waals surface area contributed by atoms with E-state index in [0.29, 0.717) is 5.82 Å². The Labute approximate surface area is 187 Å². The predicted octanol–water partition coefficient (Wildman–Crippen LogP) is 5.47. The van der Waals surface area contributed by atoms with E-state index in [4.69, 9.17) is 16.6 Å². The van der Waals surface area contributed by atoms with Gasteiger partial charge in [-0.05, 0) is 60.1 Å². The summed E-state index contributed by atoms with van der Waals surface area (Å²) in [6, 6.07) is 11.5. The zero-order chi connectivity index (χ0) is 20.2. The number of hydrogen-bond acceptors (Lipinski definition) is 5. The molecule has 3 aromatic rings. The molecule has 1 N–H and O–H groups in total. The van der Waals surface area contributed by atoms with E-state index in [-0.39, 0.29) is 11.8 Å². The van der Waals surface area contributed by atoms with Crippen LogP contribution in [0, 0.1) is 5.92 Å². The lowest BCUT2D eigenvalue weighted by Gasteiger charge is -2.30. The number of benzene rings is 1. The maximum atomic E-state index is 12.5. The molecule has 0 atom stereocenters. The highest BCUT2D eigenvalue weighted by Gasteiger charge is 2.25. The molecule has 1 fully saturated rings. The number of aromatic nitrogens is 2. The highest BCUT2D eigenvalue weighted by atomic mass is 79.9. The van der Waals surface area contributed by atoms with E-state index in [9.17, 15) is 4.79 Å². The third-order valence-electron chi connectivity index (χ3n) is 4.98. The number of likely N-dealkylation sites (tertiary alicyclic amines) is 1. The fourth-order valence-electron chi connectivity index (χ4n) is 3.40. The lowest BCUT2D eigenvalue weighted by Crippen LogP contribution is -2.37. The summed E-state index contributed by atoms with van der Waals surface area (Å²) in [5.74, 6) is 0.662. The summed E-state index contributed by atoms with van der Waals surface area (Å²) in [5.41, 5.74) is 2.02. The van der Waals surface area contributed by atoms with Crippen LogP contribution in [-0.2, 0) is 11.3 Å². The molecular weight excluding hydrogens is 472 g/mol. The molecule has 0 radical (unpaired) electrons. The molecule has 3 heterocycles. The molecule has 1 aromatic carbocycles. The average Bonchev–Trinajstić information content (AvgIpc) is 3.19. The molecule has 1 aliphatic heterocycles. The number of hydrogen-bond donors (Lipinski definition) is 1. The number of nitrogens with zero attached hydrogens (tertiary/aromatic N) is 3. The minimum atomic E-state index is 0.0193. The van der Waals surface area contributed by atoms with Crippen LogP contribution in [0.1, 0.15) is 18.5 Å². The first kappa shape index (κ1) is 20.5. The van der Waals surface area contributed by atoms with Gasteiger partial charge in [-0.15, -0.1) is 11.3 Å². The summed E-state index contributed by atoms with van der Waals surface area (Å²) in [7, 11) is 0. The molecule has 2 aromatic heterocycles. The summed E-state index contributed by atoms with van der Waals surface area (Å²) in [6.07, 6.45) is 3.36. The first-order valence-electron chi connectivity index (χ1n) is 9.42. The molecule has 0 bridgehead atoms. The Kier molecular flexibility index (Phi) is 6.60. The van der Waals surface area contributed by atoms with Crippen LogP contribution in [0.5, 0.6) is 0 Å². The molecule has 4 rings (SSSR count). The van der Waals surface area contributed by atoms with Crippen LogP contribution < -0.4 is 5.32 Å². The van der Waals surface area contributed by atoms with Gasteiger partial charge in [0, 0.05) is 34.1 Å². The molecule has 1 amide bonds. The third kappa shape index (κ3) is 5.22. The van der Waals surface area contributed by atoms with Crippen molar-refractivity contribution < 1.29 is 4.79 Å². The van der Waals surface area contributed by atoms with Crippen LogP contribution in [0.4, 0.5) is 5.82 Å². The number of carbonyl (C=O) groups excluding carboxylic acids is 1. The molecule has 1 saturated heterocycles. The van der Waals surface area contributed by atoms with Crippen LogP contribution in [0.2, 0.25) is 5.02 Å². The number of piperidine rings is 1. The van der Waals surface area contributed by atoms with Crippen molar-refractivity contribution in [2.45, 2.75) is 19.4 Å². The van der Waals surface area contributed by atoms with E-state index in [1.807, 2.05) is 30.3 Å². The van der Waals surface area contributed by atoms with Crippen LogP contribution in [0.3, 0.4) is 0 Å². The van der Waals surface area contributed by atoms with E-state index in [0.717, 1.165) is 58.2 Å². The molecule has 0 unspecified atom stereocenters. The molecule has 29 heavy (non-hydrogen) atoms. The number of halogens is 2. The summed E-state index contributed by atoms with van der Waals surface area (Å²) in [6.45, 7) is 2.55. The van der Waals surface area contributed by atoms with Gasteiger partial charge in [0.2, 0.25) is 5.91 Å². The second-order valence-corrected chi connectivity index (χ2v) is 9.21. The van der Waals surface area contributed by atoms with Crippen molar-refractivity contribution in [3.05, 3.63) is 63.2 Å². The van der Waals surface area contributed by atoms with Gasteiger partial charge in [-0.2, -0.15) is 0 Å². The minimum absolute atomic E-state index is 0.0193. The van der Waals surface area contributed by atoms with Gasteiger partial charge in [0.1, 0.15) is 10.8 Å². The fourth-order valence-corrected chi connectivity index (χ4v) is 4.76. The Morgan fingerprint density at radius 1 is 1.24 bits per heavy atom. The Morgan fingerprint density at radius 2 is 2.03 bits per heavy atom. The van der Waals surface area contributed by atoms with E-state index in [1.54, 1.807) is 23.6 Å². The van der Waals surface area contributed by atoms with Gasteiger partial charge >= 0.3 is 0 Å². The molecular formula is C21H20BrClN4OS. The Bertz CT molecular complexity index is 986. The summed E-state index contributed by atoms with van der Waals surface area (Å²) >= 11 is 11.2. The summed E-state index contributed by atoms with van der Waals surface area (Å²) < 4.78 is 0.892. The van der Waals surface area contributed by atoms with Crippen LogP contribution in [0.15, 0.2) is 52.4 Å². The van der Waals surface area contributed by atoms with Crippen LogP contribution in [-0.4, -0.2) is 33.9 Å². The summed E-state index contributed by atoms with van der Waals surface area (Å²) in [4.78, 5) is 23.8. The molecule has 1 aliphatic rings. The van der Waals surface area contributed by atoms with E-state index in [1.165, 1.54) is 0 Å². The topological polar surface area (TPSA) is 58.1 Å². The van der Waals surface area contributed by atoms with Crippen LogP contribution in [0.25, 0.3) is 10.6 Å². The second-order valence-electron chi connectivity index (χ2n) is 7.03. The number of amides is 1. The molecule has 5 nitrogen and oxygen atoms in total. The summed E-state index contributed by atoms with van der Waals surface area (Å²) in [5, 5.41) is 6.68. The number of anilines is 1. The van der Waals surface area contributed by atoms with Crippen molar-refractivity contribution in [1.82, 2.24) is 14.9 Å². The maximum Gasteiger partial charge on any atom is 0.228 e. The zero-order valence-electron chi connectivity index (χ0n) is 15.6.